The molecule has 0 aliphatic rings. The fourth-order valence-corrected chi connectivity index (χ4v) is 2.06. The average molecular weight is 258 g/mol. The first-order valence-electron chi connectivity index (χ1n) is 6.96. The fraction of sp³-hybridized carbons (Fsp3) is 0.929. The molecule has 0 bridgehead atoms. The van der Waals surface area contributed by atoms with E-state index in [4.69, 9.17) is 10.5 Å². The van der Waals surface area contributed by atoms with E-state index in [0.717, 1.165) is 12.8 Å². The summed E-state index contributed by atoms with van der Waals surface area (Å²) in [5.74, 6) is 1.65. The molecule has 3 N–H and O–H groups in total. The van der Waals surface area contributed by atoms with E-state index in [0.29, 0.717) is 43.9 Å². The Morgan fingerprint density at radius 1 is 1.28 bits per heavy atom. The fourth-order valence-electron chi connectivity index (χ4n) is 2.06. The molecule has 0 aliphatic heterocycles. The lowest BCUT2D eigenvalue weighted by Gasteiger charge is -2.20. The zero-order chi connectivity index (χ0) is 14.0. The van der Waals surface area contributed by atoms with E-state index in [2.05, 4.69) is 26.1 Å². The lowest BCUT2D eigenvalue weighted by Crippen LogP contribution is -2.30. The van der Waals surface area contributed by atoms with E-state index in [1.54, 1.807) is 7.11 Å². The molecule has 0 aliphatic carbocycles. The summed E-state index contributed by atoms with van der Waals surface area (Å²) in [6.45, 7) is 8.53. The lowest BCUT2D eigenvalue weighted by atomic mass is 9.88. The molecule has 4 heteroatoms. The van der Waals surface area contributed by atoms with Crippen LogP contribution in [-0.2, 0) is 9.53 Å². The molecular formula is C14H30N2O2. The van der Waals surface area contributed by atoms with Gasteiger partial charge in [-0.15, -0.1) is 0 Å². The van der Waals surface area contributed by atoms with Gasteiger partial charge in [0.15, 0.2) is 0 Å². The minimum atomic E-state index is 0.139. The molecule has 0 saturated heterocycles. The molecule has 0 radical (unpaired) electrons. The van der Waals surface area contributed by atoms with E-state index in [1.165, 1.54) is 0 Å². The minimum absolute atomic E-state index is 0.139. The second-order valence-electron chi connectivity index (χ2n) is 5.48. The van der Waals surface area contributed by atoms with Crippen molar-refractivity contribution in [2.24, 2.45) is 23.5 Å². The topological polar surface area (TPSA) is 64.3 Å². The number of hydrogen-bond acceptors (Lipinski definition) is 3. The predicted molar refractivity (Wildman–Crippen MR) is 75.3 cm³/mol. The Hall–Kier alpha value is -0.610. The van der Waals surface area contributed by atoms with Gasteiger partial charge < -0.3 is 15.8 Å². The molecule has 108 valence electrons. The van der Waals surface area contributed by atoms with Crippen LogP contribution in [0.5, 0.6) is 0 Å². The molecular weight excluding hydrogens is 228 g/mol. The van der Waals surface area contributed by atoms with E-state index < -0.39 is 0 Å². The van der Waals surface area contributed by atoms with Crippen LogP contribution >= 0.6 is 0 Å². The highest BCUT2D eigenvalue weighted by Gasteiger charge is 2.14. The van der Waals surface area contributed by atoms with Crippen molar-refractivity contribution in [1.29, 1.82) is 0 Å². The second-order valence-corrected chi connectivity index (χ2v) is 5.48. The standard InChI is InChI=1S/C14H30N2O2/c1-11(2)13(7-8-15)5-6-14(17)16-9-12(3)10-18-4/h11-13H,5-10,15H2,1-4H3,(H,16,17). The van der Waals surface area contributed by atoms with Crippen LogP contribution in [0.4, 0.5) is 0 Å². The molecule has 0 spiro atoms. The van der Waals surface area contributed by atoms with Crippen molar-refractivity contribution >= 4 is 5.91 Å². The van der Waals surface area contributed by atoms with Gasteiger partial charge >= 0.3 is 0 Å². The van der Waals surface area contributed by atoms with Gasteiger partial charge in [-0.1, -0.05) is 20.8 Å². The molecule has 0 aromatic carbocycles. The minimum Gasteiger partial charge on any atom is -0.384 e. The number of carbonyl (C=O) groups excluding carboxylic acids is 1. The smallest absolute Gasteiger partial charge is 0.220 e. The number of methoxy groups -OCH3 is 1. The molecule has 0 heterocycles. The Balaban J connectivity index is 3.80. The van der Waals surface area contributed by atoms with Gasteiger partial charge in [-0.3, -0.25) is 4.79 Å². The van der Waals surface area contributed by atoms with Gasteiger partial charge in [0.25, 0.3) is 0 Å². The summed E-state index contributed by atoms with van der Waals surface area (Å²) in [5, 5.41) is 2.95. The number of hydrogen-bond donors (Lipinski definition) is 2. The van der Waals surface area contributed by atoms with E-state index in [1.807, 2.05) is 0 Å². The van der Waals surface area contributed by atoms with Gasteiger partial charge in [0.05, 0.1) is 6.61 Å². The maximum absolute atomic E-state index is 11.7. The first kappa shape index (κ1) is 17.4. The monoisotopic (exact) mass is 258 g/mol. The van der Waals surface area contributed by atoms with Gasteiger partial charge in [0.2, 0.25) is 5.91 Å². The molecule has 2 atom stereocenters. The van der Waals surface area contributed by atoms with Gasteiger partial charge in [0.1, 0.15) is 0 Å². The summed E-state index contributed by atoms with van der Waals surface area (Å²) in [5.41, 5.74) is 5.59. The third kappa shape index (κ3) is 8.48. The third-order valence-corrected chi connectivity index (χ3v) is 3.32. The van der Waals surface area contributed by atoms with Crippen LogP contribution in [0, 0.1) is 17.8 Å². The summed E-state index contributed by atoms with van der Waals surface area (Å²) in [6, 6.07) is 0. The Morgan fingerprint density at radius 3 is 2.44 bits per heavy atom. The molecule has 4 nitrogen and oxygen atoms in total. The van der Waals surface area contributed by atoms with Crippen molar-refractivity contribution < 1.29 is 9.53 Å². The molecule has 0 aromatic rings. The molecule has 18 heavy (non-hydrogen) atoms. The van der Waals surface area contributed by atoms with Crippen molar-refractivity contribution in [3.05, 3.63) is 0 Å². The summed E-state index contributed by atoms with van der Waals surface area (Å²) in [6.07, 6.45) is 2.53. The van der Waals surface area contributed by atoms with Crippen LogP contribution in [0.15, 0.2) is 0 Å². The van der Waals surface area contributed by atoms with Gasteiger partial charge in [-0.05, 0) is 37.1 Å². The quantitative estimate of drug-likeness (QED) is 0.628. The molecule has 0 aromatic heterocycles. The van der Waals surface area contributed by atoms with Crippen molar-refractivity contribution in [3.8, 4) is 0 Å². The molecule has 0 rings (SSSR count). The number of ether oxygens (including phenoxy) is 1. The van der Waals surface area contributed by atoms with Crippen molar-refractivity contribution in [2.75, 3.05) is 26.8 Å². The number of rotatable bonds is 10. The number of amides is 1. The summed E-state index contributed by atoms with van der Waals surface area (Å²) in [4.78, 5) is 11.7. The molecule has 0 saturated carbocycles. The Labute approximate surface area is 112 Å². The van der Waals surface area contributed by atoms with Gasteiger partial charge in [-0.25, -0.2) is 0 Å². The largest absolute Gasteiger partial charge is 0.384 e. The predicted octanol–water partition coefficient (Wildman–Crippen LogP) is 1.79. The van der Waals surface area contributed by atoms with Crippen molar-refractivity contribution in [3.63, 3.8) is 0 Å². The maximum Gasteiger partial charge on any atom is 0.220 e. The highest BCUT2D eigenvalue weighted by Crippen LogP contribution is 2.20. The summed E-state index contributed by atoms with van der Waals surface area (Å²) < 4.78 is 5.03. The lowest BCUT2D eigenvalue weighted by molar-refractivity contribution is -0.121. The zero-order valence-corrected chi connectivity index (χ0v) is 12.4. The van der Waals surface area contributed by atoms with Gasteiger partial charge in [-0.2, -0.15) is 0 Å². The van der Waals surface area contributed by atoms with Crippen molar-refractivity contribution in [1.82, 2.24) is 5.32 Å². The SMILES string of the molecule is COCC(C)CNC(=O)CCC(CCN)C(C)C. The first-order chi connectivity index (χ1) is 8.51. The molecule has 2 unspecified atom stereocenters. The van der Waals surface area contributed by atoms with E-state index >= 15 is 0 Å². The number of nitrogens with one attached hydrogen (secondary N) is 1. The normalized spacial score (nSPS) is 14.6. The Kier molecular flexibility index (Phi) is 9.98. The first-order valence-corrected chi connectivity index (χ1v) is 6.96. The Bertz CT molecular complexity index is 220. The van der Waals surface area contributed by atoms with E-state index in [9.17, 15) is 4.79 Å². The van der Waals surface area contributed by atoms with Crippen LogP contribution in [0.25, 0.3) is 0 Å². The molecule has 0 fully saturated rings. The number of nitrogens with two attached hydrogens (primary N) is 1. The average Bonchev–Trinajstić information content (AvgIpc) is 2.31. The molecule has 1 amide bonds. The zero-order valence-electron chi connectivity index (χ0n) is 12.4. The van der Waals surface area contributed by atoms with E-state index in [-0.39, 0.29) is 5.91 Å². The Morgan fingerprint density at radius 2 is 1.94 bits per heavy atom. The summed E-state index contributed by atoms with van der Waals surface area (Å²) >= 11 is 0. The highest BCUT2D eigenvalue weighted by molar-refractivity contribution is 5.75. The highest BCUT2D eigenvalue weighted by atomic mass is 16.5. The van der Waals surface area contributed by atoms with Crippen LogP contribution in [-0.4, -0.2) is 32.7 Å². The van der Waals surface area contributed by atoms with Crippen LogP contribution < -0.4 is 11.1 Å². The number of carbonyl (C=O) groups is 1. The third-order valence-electron chi connectivity index (χ3n) is 3.32. The van der Waals surface area contributed by atoms with Crippen LogP contribution in [0.2, 0.25) is 0 Å². The summed E-state index contributed by atoms with van der Waals surface area (Å²) in [7, 11) is 1.68. The van der Waals surface area contributed by atoms with Crippen LogP contribution in [0.1, 0.15) is 40.0 Å². The van der Waals surface area contributed by atoms with Gasteiger partial charge in [0, 0.05) is 20.1 Å². The second kappa shape index (κ2) is 10.3. The van der Waals surface area contributed by atoms with Crippen molar-refractivity contribution in [2.45, 2.75) is 40.0 Å². The maximum atomic E-state index is 11.7. The van der Waals surface area contributed by atoms with Crippen LogP contribution in [0.3, 0.4) is 0 Å².